The second-order valence-corrected chi connectivity index (χ2v) is 3.69. The van der Waals surface area contributed by atoms with Gasteiger partial charge in [0.2, 0.25) is 5.91 Å². The van der Waals surface area contributed by atoms with Crippen molar-refractivity contribution in [3.05, 3.63) is 29.3 Å². The predicted octanol–water partition coefficient (Wildman–Crippen LogP) is 0.140. The molecule has 0 atom stereocenters. The molecular weight excluding hydrogens is 189 g/mol. The predicted molar refractivity (Wildman–Crippen MR) is 59.0 cm³/mol. The Bertz CT molecular complexity index is 379. The van der Waals surface area contributed by atoms with E-state index in [-0.39, 0.29) is 5.91 Å². The van der Waals surface area contributed by atoms with Crippen LogP contribution in [0.15, 0.2) is 18.2 Å². The van der Waals surface area contributed by atoms with Gasteiger partial charge in [0.1, 0.15) is 0 Å². The number of amides is 1. The molecule has 1 aliphatic rings. The summed E-state index contributed by atoms with van der Waals surface area (Å²) >= 11 is 0. The Labute approximate surface area is 90.1 Å². The maximum Gasteiger partial charge on any atom is 0.330 e. The molecule has 0 aliphatic carbocycles. The molecule has 2 rings (SSSR count). The van der Waals surface area contributed by atoms with E-state index in [1.807, 2.05) is 0 Å². The molecule has 0 aromatic heterocycles. The zero-order valence-electron chi connectivity index (χ0n) is 8.75. The van der Waals surface area contributed by atoms with Crippen LogP contribution in [0.4, 0.5) is 0 Å². The molecule has 0 spiro atoms. The molecular formula is C11H13BNO2. The molecule has 1 radical (unpaired) electrons. The topological polar surface area (TPSA) is 38.3 Å². The van der Waals surface area contributed by atoms with Crippen molar-refractivity contribution in [1.29, 1.82) is 0 Å². The first kappa shape index (κ1) is 10.2. The van der Waals surface area contributed by atoms with Gasteiger partial charge in [-0.25, -0.2) is 0 Å². The van der Waals surface area contributed by atoms with E-state index in [0.29, 0.717) is 13.2 Å². The second kappa shape index (κ2) is 4.49. The lowest BCUT2D eigenvalue weighted by molar-refractivity contribution is -0.118. The summed E-state index contributed by atoms with van der Waals surface area (Å²) in [5, 5.41) is 2.78. The van der Waals surface area contributed by atoms with Gasteiger partial charge in [-0.2, -0.15) is 0 Å². The highest BCUT2D eigenvalue weighted by Crippen LogP contribution is 2.09. The van der Waals surface area contributed by atoms with Crippen LogP contribution in [0.2, 0.25) is 0 Å². The number of hydrogen-bond acceptors (Lipinski definition) is 2. The minimum atomic E-state index is 0.0211. The summed E-state index contributed by atoms with van der Waals surface area (Å²) in [5.41, 5.74) is 3.63. The van der Waals surface area contributed by atoms with Crippen LogP contribution in [-0.2, 0) is 22.5 Å². The first-order valence-corrected chi connectivity index (χ1v) is 5.07. The molecule has 3 nitrogen and oxygen atoms in total. The fourth-order valence-corrected chi connectivity index (χ4v) is 1.66. The van der Waals surface area contributed by atoms with E-state index in [1.54, 1.807) is 7.48 Å². The summed E-state index contributed by atoms with van der Waals surface area (Å²) in [6.45, 7) is 2.90. The number of nitrogens with one attached hydrogen (secondary N) is 1. The van der Waals surface area contributed by atoms with Gasteiger partial charge < -0.3 is 9.97 Å². The molecule has 0 saturated carbocycles. The maximum absolute atomic E-state index is 10.7. The lowest BCUT2D eigenvalue weighted by Gasteiger charge is -2.04. The highest BCUT2D eigenvalue weighted by atomic mass is 16.4. The van der Waals surface area contributed by atoms with Crippen LogP contribution in [0.5, 0.6) is 0 Å². The van der Waals surface area contributed by atoms with Crippen molar-refractivity contribution in [2.45, 2.75) is 20.0 Å². The van der Waals surface area contributed by atoms with Crippen molar-refractivity contribution in [3.8, 4) is 0 Å². The molecule has 0 unspecified atom stereocenters. The van der Waals surface area contributed by atoms with E-state index >= 15 is 0 Å². The molecule has 1 aromatic carbocycles. The second-order valence-electron chi connectivity index (χ2n) is 3.69. The third-order valence-corrected chi connectivity index (χ3v) is 2.44. The summed E-state index contributed by atoms with van der Waals surface area (Å²) in [7, 11) is 1.78. The Morgan fingerprint density at radius 1 is 1.60 bits per heavy atom. The first-order valence-electron chi connectivity index (χ1n) is 5.07. The van der Waals surface area contributed by atoms with Crippen LogP contribution in [0.3, 0.4) is 0 Å². The van der Waals surface area contributed by atoms with E-state index in [1.165, 1.54) is 23.5 Å². The molecule has 0 bridgehead atoms. The van der Waals surface area contributed by atoms with Crippen molar-refractivity contribution in [3.63, 3.8) is 0 Å². The van der Waals surface area contributed by atoms with Gasteiger partial charge in [0.15, 0.2) is 0 Å². The van der Waals surface area contributed by atoms with E-state index in [9.17, 15) is 4.79 Å². The Morgan fingerprint density at radius 2 is 2.47 bits per heavy atom. The van der Waals surface area contributed by atoms with Gasteiger partial charge in [-0.05, 0) is 23.0 Å². The normalized spacial score (nSPS) is 13.1. The number of fused-ring (bicyclic) bond motifs is 1. The van der Waals surface area contributed by atoms with Crippen molar-refractivity contribution in [2.24, 2.45) is 0 Å². The average Bonchev–Trinajstić information content (AvgIpc) is 2.64. The minimum absolute atomic E-state index is 0.0211. The number of carbonyl (C=O) groups excluding carboxylic acids is 1. The summed E-state index contributed by atoms with van der Waals surface area (Å²) in [6, 6.07) is 6.28. The molecule has 77 valence electrons. The van der Waals surface area contributed by atoms with Gasteiger partial charge in [0.25, 0.3) is 0 Å². The highest BCUT2D eigenvalue weighted by molar-refractivity contribution is 6.48. The number of carbonyl (C=O) groups is 1. The lowest BCUT2D eigenvalue weighted by Crippen LogP contribution is -2.22. The maximum atomic E-state index is 10.7. The average molecular weight is 202 g/mol. The molecule has 1 N–H and O–H groups in total. The van der Waals surface area contributed by atoms with Gasteiger partial charge in [-0.1, -0.05) is 18.2 Å². The van der Waals surface area contributed by atoms with E-state index < -0.39 is 0 Å². The Kier molecular flexibility index (Phi) is 3.06. The van der Waals surface area contributed by atoms with Gasteiger partial charge in [-0.3, -0.25) is 4.79 Å². The fourth-order valence-electron chi connectivity index (χ4n) is 1.66. The van der Waals surface area contributed by atoms with Crippen LogP contribution in [0.1, 0.15) is 18.1 Å². The molecule has 1 aromatic rings. The largest absolute Gasteiger partial charge is 0.430 e. The van der Waals surface area contributed by atoms with Gasteiger partial charge in [0.05, 0.1) is 6.61 Å². The molecule has 1 heterocycles. The van der Waals surface area contributed by atoms with Crippen molar-refractivity contribution < 1.29 is 9.45 Å². The van der Waals surface area contributed by atoms with Gasteiger partial charge in [-0.15, -0.1) is 0 Å². The Balaban J connectivity index is 1.95. The third kappa shape index (κ3) is 2.60. The van der Waals surface area contributed by atoms with Crippen molar-refractivity contribution in [2.75, 3.05) is 6.54 Å². The van der Waals surface area contributed by atoms with E-state index in [2.05, 4.69) is 23.5 Å². The Morgan fingerprint density at radius 3 is 3.27 bits per heavy atom. The highest BCUT2D eigenvalue weighted by Gasteiger charge is 2.12. The lowest BCUT2D eigenvalue weighted by atomic mass is 9.86. The molecule has 15 heavy (non-hydrogen) atoms. The van der Waals surface area contributed by atoms with Crippen LogP contribution in [0, 0.1) is 0 Å². The molecule has 4 heteroatoms. The number of hydrogen-bond donors (Lipinski definition) is 1. The fraction of sp³-hybridized carbons (Fsp3) is 0.364. The SMILES string of the molecule is CC(=O)NCCc1ccc2c(c1)CO[B]2. The van der Waals surface area contributed by atoms with Crippen molar-refractivity contribution in [1.82, 2.24) is 5.32 Å². The number of benzene rings is 1. The van der Waals surface area contributed by atoms with Crippen LogP contribution in [0.25, 0.3) is 0 Å². The zero-order valence-corrected chi connectivity index (χ0v) is 8.75. The third-order valence-electron chi connectivity index (χ3n) is 2.44. The van der Waals surface area contributed by atoms with Crippen LogP contribution < -0.4 is 10.8 Å². The van der Waals surface area contributed by atoms with Gasteiger partial charge >= 0.3 is 7.48 Å². The van der Waals surface area contributed by atoms with Gasteiger partial charge in [0, 0.05) is 13.5 Å². The number of rotatable bonds is 3. The summed E-state index contributed by atoms with van der Waals surface area (Å²) in [4.78, 5) is 10.7. The standard InChI is InChI=1S/C11H13BNO2/c1-8(14)13-5-4-9-2-3-11-10(6-9)7-15-12-11/h2-3,6H,4-5,7H2,1H3,(H,13,14). The van der Waals surface area contributed by atoms with Crippen LogP contribution >= 0.6 is 0 Å². The smallest absolute Gasteiger partial charge is 0.330 e. The van der Waals surface area contributed by atoms with E-state index in [0.717, 1.165) is 6.42 Å². The molecule has 1 amide bonds. The molecule has 1 aliphatic heterocycles. The summed E-state index contributed by atoms with van der Waals surface area (Å²) < 4.78 is 5.22. The van der Waals surface area contributed by atoms with Crippen molar-refractivity contribution >= 4 is 18.9 Å². The van der Waals surface area contributed by atoms with E-state index in [4.69, 9.17) is 4.65 Å². The minimum Gasteiger partial charge on any atom is -0.430 e. The Hall–Kier alpha value is -1.29. The quantitative estimate of drug-likeness (QED) is 0.708. The van der Waals surface area contributed by atoms with Crippen LogP contribution in [-0.4, -0.2) is 19.9 Å². The zero-order chi connectivity index (χ0) is 10.7. The first-order chi connectivity index (χ1) is 7.25. The summed E-state index contributed by atoms with van der Waals surface area (Å²) in [6.07, 6.45) is 0.868. The molecule has 0 fully saturated rings. The summed E-state index contributed by atoms with van der Waals surface area (Å²) in [5.74, 6) is 0.0211. The monoisotopic (exact) mass is 202 g/mol. The molecule has 0 saturated heterocycles.